The quantitative estimate of drug-likeness (QED) is 0.287. The average Bonchev–Trinajstić information content (AvgIpc) is 3.17. The van der Waals surface area contributed by atoms with Crippen molar-refractivity contribution < 1.29 is 4.79 Å². The van der Waals surface area contributed by atoms with Gasteiger partial charge >= 0.3 is 0 Å². The summed E-state index contributed by atoms with van der Waals surface area (Å²) in [7, 11) is 0. The van der Waals surface area contributed by atoms with Gasteiger partial charge in [-0.1, -0.05) is 78.5 Å². The Morgan fingerprint density at radius 2 is 1.75 bits per heavy atom. The Kier molecular flexibility index (Phi) is 6.71. The van der Waals surface area contributed by atoms with Gasteiger partial charge in [-0.15, -0.1) is 16.8 Å². The van der Waals surface area contributed by atoms with E-state index in [1.807, 2.05) is 48.8 Å². The van der Waals surface area contributed by atoms with Crippen LogP contribution < -0.4 is 5.32 Å². The molecule has 1 N–H and O–H groups in total. The second kappa shape index (κ2) is 9.83. The normalized spacial score (nSPS) is 10.9. The summed E-state index contributed by atoms with van der Waals surface area (Å²) in [5.74, 6) is 1.06. The van der Waals surface area contributed by atoms with Gasteiger partial charge in [0.05, 0.1) is 5.75 Å². The number of hydrogen-bond acceptors (Lipinski definition) is 4. The molecule has 4 rings (SSSR count). The van der Waals surface area contributed by atoms with Gasteiger partial charge in [-0.25, -0.2) is 0 Å². The summed E-state index contributed by atoms with van der Waals surface area (Å²) in [6, 6.07) is 20.6. The van der Waals surface area contributed by atoms with Crippen molar-refractivity contribution in [2.75, 3.05) is 11.1 Å². The number of amides is 1. The first kappa shape index (κ1) is 21.8. The molecule has 1 amide bonds. The van der Waals surface area contributed by atoms with Crippen LogP contribution in [0, 0.1) is 13.8 Å². The largest absolute Gasteiger partial charge is 0.325 e. The molecule has 0 bridgehead atoms. The smallest absolute Gasteiger partial charge is 0.234 e. The van der Waals surface area contributed by atoms with Crippen LogP contribution in [0.2, 0.25) is 0 Å². The molecule has 1 heterocycles. The number of aromatic nitrogens is 3. The first-order valence-corrected chi connectivity index (χ1v) is 11.5. The number of nitrogens with zero attached hydrogens (tertiary/aromatic N) is 3. The van der Waals surface area contributed by atoms with E-state index in [2.05, 4.69) is 58.5 Å². The average molecular weight is 443 g/mol. The zero-order chi connectivity index (χ0) is 22.5. The second-order valence-corrected chi connectivity index (χ2v) is 8.66. The predicted molar refractivity (Wildman–Crippen MR) is 132 cm³/mol. The number of hydrogen-bond donors (Lipinski definition) is 1. The summed E-state index contributed by atoms with van der Waals surface area (Å²) in [6.45, 7) is 8.46. The summed E-state index contributed by atoms with van der Waals surface area (Å²) in [4.78, 5) is 12.6. The Hall–Kier alpha value is -3.38. The van der Waals surface area contributed by atoms with Crippen molar-refractivity contribution in [1.82, 2.24) is 14.8 Å². The predicted octanol–water partition coefficient (Wildman–Crippen LogP) is 5.56. The standard InChI is InChI=1S/C26H26N4OS/c1-4-15-30-23(16-21-13-8-12-20-11-5-6-14-22(20)21)28-29-26(30)32-17-24(31)27-25-18(2)9-7-10-19(25)3/h4-14H,1,15-17H2,2-3H3,(H,27,31). The number of thioether (sulfide) groups is 1. The molecule has 32 heavy (non-hydrogen) atoms. The zero-order valence-corrected chi connectivity index (χ0v) is 19.2. The van der Waals surface area contributed by atoms with Crippen molar-refractivity contribution in [3.05, 3.63) is 95.8 Å². The summed E-state index contributed by atoms with van der Waals surface area (Å²) in [5.41, 5.74) is 4.18. The molecule has 0 aliphatic rings. The molecule has 0 aliphatic heterocycles. The van der Waals surface area contributed by atoms with Crippen molar-refractivity contribution in [1.29, 1.82) is 0 Å². The van der Waals surface area contributed by atoms with Gasteiger partial charge in [0, 0.05) is 18.7 Å². The van der Waals surface area contributed by atoms with Crippen molar-refractivity contribution in [3.63, 3.8) is 0 Å². The third-order valence-corrected chi connectivity index (χ3v) is 6.38. The highest BCUT2D eigenvalue weighted by Gasteiger charge is 2.15. The van der Waals surface area contributed by atoms with E-state index in [1.165, 1.54) is 28.1 Å². The molecule has 0 saturated carbocycles. The third kappa shape index (κ3) is 4.75. The van der Waals surface area contributed by atoms with E-state index in [0.29, 0.717) is 13.0 Å². The van der Waals surface area contributed by atoms with Gasteiger partial charge in [0.15, 0.2) is 5.16 Å². The Labute approximate surface area is 192 Å². The summed E-state index contributed by atoms with van der Waals surface area (Å²) < 4.78 is 2.03. The molecule has 0 fully saturated rings. The van der Waals surface area contributed by atoms with E-state index in [-0.39, 0.29) is 11.7 Å². The van der Waals surface area contributed by atoms with E-state index in [4.69, 9.17) is 0 Å². The van der Waals surface area contributed by atoms with Crippen molar-refractivity contribution in [2.45, 2.75) is 32.0 Å². The van der Waals surface area contributed by atoms with Crippen molar-refractivity contribution in [2.24, 2.45) is 0 Å². The van der Waals surface area contributed by atoms with E-state index < -0.39 is 0 Å². The molecule has 0 unspecified atom stereocenters. The number of nitrogens with one attached hydrogen (secondary N) is 1. The number of para-hydroxylation sites is 1. The van der Waals surface area contributed by atoms with Crippen LogP contribution in [0.1, 0.15) is 22.5 Å². The summed E-state index contributed by atoms with van der Waals surface area (Å²) in [5, 5.41) is 15.0. The van der Waals surface area contributed by atoms with Crippen LogP contribution in [0.3, 0.4) is 0 Å². The van der Waals surface area contributed by atoms with Gasteiger partial charge in [0.1, 0.15) is 5.82 Å². The highest BCUT2D eigenvalue weighted by atomic mass is 32.2. The molecular formula is C26H26N4OS. The zero-order valence-electron chi connectivity index (χ0n) is 18.3. The van der Waals surface area contributed by atoms with Gasteiger partial charge < -0.3 is 9.88 Å². The number of carbonyl (C=O) groups excluding carboxylic acids is 1. The van der Waals surface area contributed by atoms with Crippen LogP contribution in [-0.4, -0.2) is 26.4 Å². The monoisotopic (exact) mass is 442 g/mol. The molecule has 0 aliphatic carbocycles. The van der Waals surface area contributed by atoms with Crippen LogP contribution in [0.15, 0.2) is 78.5 Å². The number of benzene rings is 3. The molecule has 0 saturated heterocycles. The fourth-order valence-corrected chi connectivity index (χ4v) is 4.57. The van der Waals surface area contributed by atoms with Crippen LogP contribution in [0.5, 0.6) is 0 Å². The summed E-state index contributed by atoms with van der Waals surface area (Å²) >= 11 is 1.39. The molecule has 0 radical (unpaired) electrons. The van der Waals surface area contributed by atoms with Crippen LogP contribution in [0.25, 0.3) is 10.8 Å². The minimum atomic E-state index is -0.0591. The molecule has 162 valence electrons. The second-order valence-electron chi connectivity index (χ2n) is 7.72. The molecule has 0 spiro atoms. The Morgan fingerprint density at radius 1 is 1.03 bits per heavy atom. The van der Waals surface area contributed by atoms with Crippen LogP contribution in [0.4, 0.5) is 5.69 Å². The lowest BCUT2D eigenvalue weighted by Crippen LogP contribution is -2.16. The molecule has 0 atom stereocenters. The fourth-order valence-electron chi connectivity index (χ4n) is 3.80. The maximum absolute atomic E-state index is 12.6. The highest BCUT2D eigenvalue weighted by Crippen LogP contribution is 2.24. The Bertz CT molecular complexity index is 1250. The van der Waals surface area contributed by atoms with Gasteiger partial charge in [0.25, 0.3) is 0 Å². The third-order valence-electron chi connectivity index (χ3n) is 5.41. The fraction of sp³-hybridized carbons (Fsp3) is 0.192. The highest BCUT2D eigenvalue weighted by molar-refractivity contribution is 7.99. The number of anilines is 1. The molecule has 4 aromatic rings. The molecule has 6 heteroatoms. The molecule has 1 aromatic heterocycles. The number of carbonyl (C=O) groups is 1. The van der Waals surface area contributed by atoms with Crippen molar-refractivity contribution in [3.8, 4) is 0 Å². The van der Waals surface area contributed by atoms with Crippen LogP contribution in [-0.2, 0) is 17.8 Å². The lowest BCUT2D eigenvalue weighted by molar-refractivity contribution is -0.113. The SMILES string of the molecule is C=CCn1c(Cc2cccc3ccccc23)nnc1SCC(=O)Nc1c(C)cccc1C. The number of aryl methyl sites for hydroxylation is 2. The van der Waals surface area contributed by atoms with Crippen LogP contribution >= 0.6 is 11.8 Å². The minimum absolute atomic E-state index is 0.0591. The van der Waals surface area contributed by atoms with E-state index in [0.717, 1.165) is 27.8 Å². The lowest BCUT2D eigenvalue weighted by Gasteiger charge is -2.12. The van der Waals surface area contributed by atoms with Gasteiger partial charge in [0.2, 0.25) is 5.91 Å². The molecule has 3 aromatic carbocycles. The van der Waals surface area contributed by atoms with E-state index in [1.54, 1.807) is 0 Å². The van der Waals surface area contributed by atoms with Gasteiger partial charge in [-0.2, -0.15) is 0 Å². The lowest BCUT2D eigenvalue weighted by atomic mass is 10.0. The Balaban J connectivity index is 1.50. The summed E-state index contributed by atoms with van der Waals surface area (Å²) in [6.07, 6.45) is 2.49. The molecular weight excluding hydrogens is 416 g/mol. The van der Waals surface area contributed by atoms with E-state index in [9.17, 15) is 4.79 Å². The first-order valence-electron chi connectivity index (χ1n) is 10.6. The Morgan fingerprint density at radius 3 is 2.53 bits per heavy atom. The maximum atomic E-state index is 12.6. The van der Waals surface area contributed by atoms with Gasteiger partial charge in [-0.05, 0) is 41.3 Å². The van der Waals surface area contributed by atoms with Gasteiger partial charge in [-0.3, -0.25) is 4.79 Å². The maximum Gasteiger partial charge on any atom is 0.234 e. The number of fused-ring (bicyclic) bond motifs is 1. The molecule has 5 nitrogen and oxygen atoms in total. The minimum Gasteiger partial charge on any atom is -0.325 e. The van der Waals surface area contributed by atoms with Crippen molar-refractivity contribution >= 4 is 34.1 Å². The number of rotatable bonds is 8. The topological polar surface area (TPSA) is 59.8 Å². The number of allylic oxidation sites excluding steroid dienone is 1. The first-order chi connectivity index (χ1) is 15.6. The van der Waals surface area contributed by atoms with E-state index >= 15 is 0 Å².